The Labute approximate surface area is 174 Å². The first-order valence-corrected chi connectivity index (χ1v) is 9.81. The van der Waals surface area contributed by atoms with Gasteiger partial charge in [0, 0.05) is 32.4 Å². The largest absolute Gasteiger partial charge is 0.497 e. The van der Waals surface area contributed by atoms with Crippen molar-refractivity contribution in [2.75, 3.05) is 38.2 Å². The highest BCUT2D eigenvalue weighted by atomic mass is 16.5. The van der Waals surface area contributed by atoms with Gasteiger partial charge >= 0.3 is 0 Å². The number of hydrogen-bond acceptors (Lipinski definition) is 7. The van der Waals surface area contributed by atoms with E-state index in [0.29, 0.717) is 26.2 Å². The molecule has 0 saturated carbocycles. The minimum Gasteiger partial charge on any atom is -0.497 e. The number of benzene rings is 1. The summed E-state index contributed by atoms with van der Waals surface area (Å²) in [6, 6.07) is 13.0. The number of carbonyl (C=O) groups excluding carboxylic acids is 1. The van der Waals surface area contributed by atoms with Crippen LogP contribution in [0.4, 0.5) is 5.82 Å². The lowest BCUT2D eigenvalue weighted by atomic mass is 10.1. The minimum absolute atomic E-state index is 0.142. The van der Waals surface area contributed by atoms with Crippen molar-refractivity contribution < 1.29 is 14.6 Å². The monoisotopic (exact) mass is 408 g/mol. The summed E-state index contributed by atoms with van der Waals surface area (Å²) in [5, 5.41) is 14.7. The molecule has 1 saturated heterocycles. The van der Waals surface area contributed by atoms with Crippen molar-refractivity contribution in [3.05, 3.63) is 66.4 Å². The van der Waals surface area contributed by atoms with E-state index < -0.39 is 6.10 Å². The molecule has 9 heteroatoms. The Kier molecular flexibility index (Phi) is 5.89. The fourth-order valence-electron chi connectivity index (χ4n) is 3.41. The van der Waals surface area contributed by atoms with Crippen molar-refractivity contribution in [1.82, 2.24) is 24.6 Å². The lowest BCUT2D eigenvalue weighted by Gasteiger charge is -2.34. The van der Waals surface area contributed by atoms with Crippen molar-refractivity contribution in [1.29, 1.82) is 0 Å². The van der Waals surface area contributed by atoms with Gasteiger partial charge in [-0.25, -0.2) is 14.6 Å². The van der Waals surface area contributed by atoms with Crippen LogP contribution in [0.25, 0.3) is 0 Å². The molecule has 0 unspecified atom stereocenters. The Bertz CT molecular complexity index is 968. The van der Waals surface area contributed by atoms with Gasteiger partial charge in [-0.1, -0.05) is 18.2 Å². The molecule has 30 heavy (non-hydrogen) atoms. The van der Waals surface area contributed by atoms with E-state index in [2.05, 4.69) is 20.0 Å². The second-order valence-electron chi connectivity index (χ2n) is 7.05. The van der Waals surface area contributed by atoms with E-state index in [-0.39, 0.29) is 18.3 Å². The zero-order chi connectivity index (χ0) is 20.9. The molecule has 1 amide bonds. The summed E-state index contributed by atoms with van der Waals surface area (Å²) in [6.45, 7) is 2.79. The van der Waals surface area contributed by atoms with Gasteiger partial charge in [-0.15, -0.1) is 5.10 Å². The maximum atomic E-state index is 12.8. The molecule has 1 aliphatic rings. The average Bonchev–Trinajstić information content (AvgIpc) is 3.27. The number of amides is 1. The summed E-state index contributed by atoms with van der Waals surface area (Å²) in [4.78, 5) is 25.2. The number of aromatic nitrogens is 4. The molecule has 3 aromatic rings. The number of hydrogen-bond donors (Lipinski definition) is 1. The number of rotatable bonds is 6. The fourth-order valence-corrected chi connectivity index (χ4v) is 3.41. The first-order chi connectivity index (χ1) is 14.6. The van der Waals surface area contributed by atoms with Crippen LogP contribution in [0.1, 0.15) is 22.3 Å². The van der Waals surface area contributed by atoms with Crippen molar-refractivity contribution in [3.8, 4) is 5.75 Å². The van der Waals surface area contributed by atoms with Crippen LogP contribution in [0.2, 0.25) is 0 Å². The third-order valence-corrected chi connectivity index (χ3v) is 5.13. The molecule has 1 atom stereocenters. The van der Waals surface area contributed by atoms with Gasteiger partial charge in [-0.05, 0) is 29.8 Å². The van der Waals surface area contributed by atoms with Crippen LogP contribution in [0.15, 0.2) is 55.0 Å². The smallest absolute Gasteiger partial charge is 0.293 e. The van der Waals surface area contributed by atoms with Gasteiger partial charge in [0.05, 0.1) is 19.8 Å². The van der Waals surface area contributed by atoms with Gasteiger partial charge in [-0.2, -0.15) is 0 Å². The molecular weight excluding hydrogens is 384 g/mol. The van der Waals surface area contributed by atoms with E-state index in [1.54, 1.807) is 42.5 Å². The Morgan fingerprint density at radius 1 is 1.10 bits per heavy atom. The minimum atomic E-state index is -0.762. The Morgan fingerprint density at radius 2 is 1.87 bits per heavy atom. The fraction of sp³-hybridized carbons (Fsp3) is 0.333. The zero-order valence-corrected chi connectivity index (χ0v) is 16.8. The zero-order valence-electron chi connectivity index (χ0n) is 16.8. The number of aliphatic hydroxyl groups is 1. The van der Waals surface area contributed by atoms with Crippen LogP contribution in [-0.2, 0) is 6.54 Å². The molecule has 0 radical (unpaired) electrons. The van der Waals surface area contributed by atoms with Crippen molar-refractivity contribution in [2.24, 2.45) is 0 Å². The summed E-state index contributed by atoms with van der Waals surface area (Å²) in [5.74, 6) is 1.58. The van der Waals surface area contributed by atoms with Gasteiger partial charge < -0.3 is 19.6 Å². The second kappa shape index (κ2) is 8.91. The predicted octanol–water partition coefficient (Wildman–Crippen LogP) is 1.38. The molecule has 4 rings (SSSR count). The lowest BCUT2D eigenvalue weighted by Crippen LogP contribution is -2.49. The number of methoxy groups -OCH3 is 1. The van der Waals surface area contributed by atoms with Crippen LogP contribution >= 0.6 is 0 Å². The molecule has 1 aliphatic heterocycles. The number of carbonyl (C=O) groups is 1. The number of nitrogens with zero attached hydrogens (tertiary/aromatic N) is 6. The van der Waals surface area contributed by atoms with E-state index in [1.807, 2.05) is 18.2 Å². The van der Waals surface area contributed by atoms with Gasteiger partial charge in [0.25, 0.3) is 5.91 Å². The summed E-state index contributed by atoms with van der Waals surface area (Å²) in [5.41, 5.74) is 0.741. The molecule has 1 N–H and O–H groups in total. The Morgan fingerprint density at radius 3 is 2.53 bits per heavy atom. The predicted molar refractivity (Wildman–Crippen MR) is 110 cm³/mol. The standard InChI is InChI=1S/C21H24N6O3/c1-30-17-7-5-16(6-8-17)18(28)14-27-15-23-20(24-27)21(29)26-12-10-25(11-13-26)19-4-2-3-9-22-19/h2-9,15,18,28H,10-14H2,1H3/t18-/m0/s1. The van der Waals surface area contributed by atoms with E-state index in [9.17, 15) is 9.90 Å². The maximum Gasteiger partial charge on any atom is 0.293 e. The Balaban J connectivity index is 1.33. The molecule has 9 nitrogen and oxygen atoms in total. The molecule has 0 aliphatic carbocycles. The average molecular weight is 408 g/mol. The summed E-state index contributed by atoms with van der Waals surface area (Å²) in [6.07, 6.45) is 2.48. The molecule has 3 heterocycles. The lowest BCUT2D eigenvalue weighted by molar-refractivity contribution is 0.0732. The normalized spacial score (nSPS) is 15.1. The van der Waals surface area contributed by atoms with Crippen molar-refractivity contribution in [2.45, 2.75) is 12.6 Å². The number of piperazine rings is 1. The van der Waals surface area contributed by atoms with Crippen molar-refractivity contribution >= 4 is 11.7 Å². The second-order valence-corrected chi connectivity index (χ2v) is 7.05. The number of aliphatic hydroxyl groups excluding tert-OH is 1. The van der Waals surface area contributed by atoms with Gasteiger partial charge in [0.2, 0.25) is 5.82 Å². The quantitative estimate of drug-likeness (QED) is 0.658. The molecule has 0 spiro atoms. The van der Waals surface area contributed by atoms with Crippen LogP contribution in [0.5, 0.6) is 5.75 Å². The SMILES string of the molecule is COc1ccc([C@@H](O)Cn2cnc(C(=O)N3CCN(c4ccccn4)CC3)n2)cc1. The Hall–Kier alpha value is -3.46. The molecule has 0 bridgehead atoms. The highest BCUT2D eigenvalue weighted by molar-refractivity contribution is 5.90. The summed E-state index contributed by atoms with van der Waals surface area (Å²) < 4.78 is 6.62. The van der Waals surface area contributed by atoms with Gasteiger partial charge in [-0.3, -0.25) is 4.79 Å². The molecule has 1 fully saturated rings. The first kappa shape index (κ1) is 19.8. The topological polar surface area (TPSA) is 96.6 Å². The number of anilines is 1. The van der Waals surface area contributed by atoms with Crippen LogP contribution in [0, 0.1) is 0 Å². The van der Waals surface area contributed by atoms with Crippen LogP contribution in [-0.4, -0.2) is 69.0 Å². The van der Waals surface area contributed by atoms with E-state index >= 15 is 0 Å². The van der Waals surface area contributed by atoms with Crippen LogP contribution < -0.4 is 9.64 Å². The van der Waals surface area contributed by atoms with Crippen molar-refractivity contribution in [3.63, 3.8) is 0 Å². The molecular formula is C21H24N6O3. The van der Waals surface area contributed by atoms with Crippen LogP contribution in [0.3, 0.4) is 0 Å². The van der Waals surface area contributed by atoms with E-state index in [4.69, 9.17) is 4.74 Å². The van der Waals surface area contributed by atoms with Gasteiger partial charge in [0.15, 0.2) is 0 Å². The third kappa shape index (κ3) is 4.41. The highest BCUT2D eigenvalue weighted by Gasteiger charge is 2.25. The highest BCUT2D eigenvalue weighted by Crippen LogP contribution is 2.19. The van der Waals surface area contributed by atoms with E-state index in [1.165, 1.54) is 11.0 Å². The summed E-state index contributed by atoms with van der Waals surface area (Å²) in [7, 11) is 1.60. The third-order valence-electron chi connectivity index (χ3n) is 5.13. The van der Waals surface area contributed by atoms with E-state index in [0.717, 1.165) is 17.1 Å². The first-order valence-electron chi connectivity index (χ1n) is 9.81. The molecule has 156 valence electrons. The van der Waals surface area contributed by atoms with Gasteiger partial charge in [0.1, 0.15) is 17.9 Å². The number of ether oxygens (including phenoxy) is 1. The number of pyridine rings is 1. The summed E-state index contributed by atoms with van der Waals surface area (Å²) >= 11 is 0. The molecule has 2 aromatic heterocycles. The molecule has 1 aromatic carbocycles. The maximum absolute atomic E-state index is 12.8.